The quantitative estimate of drug-likeness (QED) is 0.458. The Morgan fingerprint density at radius 1 is 1.38 bits per heavy atom. The molecule has 0 aromatic carbocycles. The molecule has 1 N–H and O–H groups in total. The van der Waals surface area contributed by atoms with Crippen LogP contribution in [0.1, 0.15) is 32.6 Å². The molecule has 0 aliphatic carbocycles. The third-order valence-corrected chi connectivity index (χ3v) is 2.00. The van der Waals surface area contributed by atoms with Gasteiger partial charge in [0.25, 0.3) is 0 Å². The summed E-state index contributed by atoms with van der Waals surface area (Å²) < 4.78 is 5.40. The Morgan fingerprint density at radius 3 is 2.69 bits per heavy atom. The molecule has 1 atom stereocenters. The van der Waals surface area contributed by atoms with Gasteiger partial charge in [-0.05, 0) is 26.3 Å². The van der Waals surface area contributed by atoms with Crippen LogP contribution in [0.4, 0.5) is 0 Å². The van der Waals surface area contributed by atoms with E-state index in [1.165, 1.54) is 0 Å². The Hall–Kier alpha value is -0.520. The Labute approximate surface area is 82.1 Å². The average molecular weight is 183 g/mol. The molecule has 0 fully saturated rings. The van der Waals surface area contributed by atoms with Gasteiger partial charge in [0.1, 0.15) is 0 Å². The molecule has 2 heteroatoms. The van der Waals surface area contributed by atoms with Crippen molar-refractivity contribution in [3.8, 4) is 12.3 Å². The molecule has 76 valence electrons. The van der Waals surface area contributed by atoms with Crippen LogP contribution in [0.5, 0.6) is 0 Å². The predicted molar refractivity (Wildman–Crippen MR) is 56.6 cm³/mol. The Balaban J connectivity index is 3.32. The number of rotatable bonds is 8. The van der Waals surface area contributed by atoms with Crippen LogP contribution in [0.3, 0.4) is 0 Å². The Morgan fingerprint density at radius 2 is 2.15 bits per heavy atom. The van der Waals surface area contributed by atoms with Crippen molar-refractivity contribution in [3.63, 3.8) is 0 Å². The van der Waals surface area contributed by atoms with Gasteiger partial charge >= 0.3 is 0 Å². The van der Waals surface area contributed by atoms with Gasteiger partial charge in [0.2, 0.25) is 0 Å². The molecule has 1 unspecified atom stereocenters. The van der Waals surface area contributed by atoms with Gasteiger partial charge in [-0.3, -0.25) is 0 Å². The van der Waals surface area contributed by atoms with Crippen molar-refractivity contribution >= 4 is 0 Å². The first kappa shape index (κ1) is 12.5. The van der Waals surface area contributed by atoms with Gasteiger partial charge in [0.05, 0.1) is 0 Å². The van der Waals surface area contributed by atoms with E-state index in [4.69, 9.17) is 11.2 Å². The smallest absolute Gasteiger partial charge is 0.0480 e. The first-order valence-corrected chi connectivity index (χ1v) is 5.03. The Bertz CT molecular complexity index is 140. The molecule has 0 aromatic rings. The fraction of sp³-hybridized carbons (Fsp3) is 0.818. The lowest BCUT2D eigenvalue weighted by atomic mass is 10.1. The van der Waals surface area contributed by atoms with Crippen LogP contribution in [0.15, 0.2) is 0 Å². The van der Waals surface area contributed by atoms with Gasteiger partial charge in [-0.1, -0.05) is 6.92 Å². The van der Waals surface area contributed by atoms with Crippen molar-refractivity contribution in [3.05, 3.63) is 0 Å². The van der Waals surface area contributed by atoms with Gasteiger partial charge in [0, 0.05) is 25.7 Å². The molecule has 0 rings (SSSR count). The number of hydrogen-bond acceptors (Lipinski definition) is 2. The third kappa shape index (κ3) is 7.83. The molecule has 0 aliphatic rings. The minimum atomic E-state index is 0.507. The standard InChI is InChI=1S/C11H21NO/c1-4-6-7-11(12-3)8-10-13-9-5-2/h1,11-12H,5-10H2,2-3H3. The van der Waals surface area contributed by atoms with Crippen LogP contribution < -0.4 is 5.32 Å². The predicted octanol–water partition coefficient (Wildman–Crippen LogP) is 1.80. The van der Waals surface area contributed by atoms with Crippen LogP contribution in [0.25, 0.3) is 0 Å². The molecule has 0 saturated carbocycles. The van der Waals surface area contributed by atoms with Crippen LogP contribution in [-0.2, 0) is 4.74 Å². The van der Waals surface area contributed by atoms with Crippen molar-refractivity contribution in [2.45, 2.75) is 38.6 Å². The van der Waals surface area contributed by atoms with E-state index in [1.807, 2.05) is 7.05 Å². The molecule has 2 nitrogen and oxygen atoms in total. The van der Waals surface area contributed by atoms with Gasteiger partial charge in [-0.25, -0.2) is 0 Å². The minimum absolute atomic E-state index is 0.507. The number of nitrogens with one attached hydrogen (secondary N) is 1. The monoisotopic (exact) mass is 183 g/mol. The van der Waals surface area contributed by atoms with E-state index in [-0.39, 0.29) is 0 Å². The molecule has 0 aliphatic heterocycles. The molecule has 0 radical (unpaired) electrons. The first-order chi connectivity index (χ1) is 6.35. The van der Waals surface area contributed by atoms with Crippen molar-refractivity contribution in [1.82, 2.24) is 5.32 Å². The minimum Gasteiger partial charge on any atom is -0.381 e. The summed E-state index contributed by atoms with van der Waals surface area (Å²) in [5.74, 6) is 2.65. The van der Waals surface area contributed by atoms with E-state index in [2.05, 4.69) is 18.2 Å². The third-order valence-electron chi connectivity index (χ3n) is 2.00. The summed E-state index contributed by atoms with van der Waals surface area (Å²) in [4.78, 5) is 0. The fourth-order valence-electron chi connectivity index (χ4n) is 1.16. The molecule has 0 aromatic heterocycles. The van der Waals surface area contributed by atoms with E-state index in [0.717, 1.165) is 38.9 Å². The number of ether oxygens (including phenoxy) is 1. The second kappa shape index (κ2) is 9.57. The zero-order chi connectivity index (χ0) is 9.94. The summed E-state index contributed by atoms with van der Waals surface area (Å²) in [5, 5.41) is 3.24. The van der Waals surface area contributed by atoms with Crippen LogP contribution in [-0.4, -0.2) is 26.3 Å². The lowest BCUT2D eigenvalue weighted by molar-refractivity contribution is 0.124. The van der Waals surface area contributed by atoms with Crippen molar-refractivity contribution in [2.24, 2.45) is 0 Å². The number of terminal acetylenes is 1. The van der Waals surface area contributed by atoms with Gasteiger partial charge in [-0.15, -0.1) is 12.3 Å². The number of hydrogen-bond donors (Lipinski definition) is 1. The molecule has 0 amide bonds. The highest BCUT2D eigenvalue weighted by Crippen LogP contribution is 2.01. The highest BCUT2D eigenvalue weighted by Gasteiger charge is 2.03. The SMILES string of the molecule is C#CCCC(CCOCCC)NC. The first-order valence-electron chi connectivity index (χ1n) is 5.03. The molecule has 13 heavy (non-hydrogen) atoms. The second-order valence-corrected chi connectivity index (χ2v) is 3.13. The Kier molecular flexibility index (Phi) is 9.18. The molecule has 0 saturated heterocycles. The summed E-state index contributed by atoms with van der Waals surface area (Å²) in [6.07, 6.45) is 9.24. The topological polar surface area (TPSA) is 21.3 Å². The summed E-state index contributed by atoms with van der Waals surface area (Å²) >= 11 is 0. The van der Waals surface area contributed by atoms with E-state index in [9.17, 15) is 0 Å². The maximum absolute atomic E-state index is 5.40. The van der Waals surface area contributed by atoms with Crippen LogP contribution in [0.2, 0.25) is 0 Å². The summed E-state index contributed by atoms with van der Waals surface area (Å²) in [6.45, 7) is 3.82. The maximum atomic E-state index is 5.40. The lowest BCUT2D eigenvalue weighted by Gasteiger charge is -2.14. The zero-order valence-corrected chi connectivity index (χ0v) is 8.81. The maximum Gasteiger partial charge on any atom is 0.0480 e. The van der Waals surface area contributed by atoms with Crippen molar-refractivity contribution < 1.29 is 4.74 Å². The van der Waals surface area contributed by atoms with Crippen LogP contribution in [0, 0.1) is 12.3 Å². The zero-order valence-electron chi connectivity index (χ0n) is 8.81. The highest BCUT2D eigenvalue weighted by molar-refractivity contribution is 4.85. The summed E-state index contributed by atoms with van der Waals surface area (Å²) in [7, 11) is 1.97. The molecule has 0 heterocycles. The van der Waals surface area contributed by atoms with E-state index < -0.39 is 0 Å². The summed E-state index contributed by atoms with van der Waals surface area (Å²) in [5.41, 5.74) is 0. The van der Waals surface area contributed by atoms with E-state index in [0.29, 0.717) is 6.04 Å². The lowest BCUT2D eigenvalue weighted by Crippen LogP contribution is -2.26. The van der Waals surface area contributed by atoms with E-state index >= 15 is 0 Å². The second-order valence-electron chi connectivity index (χ2n) is 3.13. The van der Waals surface area contributed by atoms with Crippen molar-refractivity contribution in [1.29, 1.82) is 0 Å². The molecule has 0 bridgehead atoms. The van der Waals surface area contributed by atoms with Gasteiger partial charge in [0.15, 0.2) is 0 Å². The largest absolute Gasteiger partial charge is 0.381 e. The van der Waals surface area contributed by atoms with Crippen LogP contribution >= 0.6 is 0 Å². The summed E-state index contributed by atoms with van der Waals surface area (Å²) in [6, 6.07) is 0.507. The van der Waals surface area contributed by atoms with Gasteiger partial charge < -0.3 is 10.1 Å². The average Bonchev–Trinajstić information content (AvgIpc) is 2.17. The van der Waals surface area contributed by atoms with Crippen molar-refractivity contribution in [2.75, 3.05) is 20.3 Å². The molecular formula is C11H21NO. The van der Waals surface area contributed by atoms with Gasteiger partial charge in [-0.2, -0.15) is 0 Å². The normalized spacial score (nSPS) is 12.4. The fourth-order valence-corrected chi connectivity index (χ4v) is 1.16. The molecule has 0 spiro atoms. The molecular weight excluding hydrogens is 162 g/mol. The van der Waals surface area contributed by atoms with E-state index in [1.54, 1.807) is 0 Å². The highest BCUT2D eigenvalue weighted by atomic mass is 16.5.